The Labute approximate surface area is 144 Å². The van der Waals surface area contributed by atoms with Crippen molar-refractivity contribution in [2.24, 2.45) is 0 Å². The van der Waals surface area contributed by atoms with E-state index in [4.69, 9.17) is 4.98 Å². The van der Waals surface area contributed by atoms with E-state index in [-0.39, 0.29) is 5.82 Å². The largest absolute Gasteiger partial charge is 0.367 e. The van der Waals surface area contributed by atoms with Gasteiger partial charge in [0.05, 0.1) is 6.20 Å². The number of aromatic nitrogens is 3. The van der Waals surface area contributed by atoms with E-state index in [0.717, 1.165) is 30.0 Å². The lowest BCUT2D eigenvalue weighted by Crippen LogP contribution is -2.23. The lowest BCUT2D eigenvalue weighted by Gasteiger charge is -2.24. The number of halogens is 1. The molecule has 0 aromatic carbocycles. The summed E-state index contributed by atoms with van der Waals surface area (Å²) in [6, 6.07) is 2.14. The number of hydrogen-bond acceptors (Lipinski definition) is 4. The van der Waals surface area contributed by atoms with Crippen molar-refractivity contribution >= 4 is 22.1 Å². The minimum Gasteiger partial charge on any atom is -0.367 e. The van der Waals surface area contributed by atoms with Crippen molar-refractivity contribution < 1.29 is 4.39 Å². The van der Waals surface area contributed by atoms with Crippen molar-refractivity contribution in [3.8, 4) is 11.3 Å². The number of fused-ring (bicyclic) bond motifs is 1. The SMILES string of the molecule is CCc1csc2nc(-c3ccncc3F)c(NC3CCCCC3)n12. The number of anilines is 1. The van der Waals surface area contributed by atoms with E-state index in [9.17, 15) is 4.39 Å². The van der Waals surface area contributed by atoms with Crippen LogP contribution in [0.15, 0.2) is 23.8 Å². The molecule has 1 aliphatic rings. The quantitative estimate of drug-likeness (QED) is 0.732. The van der Waals surface area contributed by atoms with Crippen LogP contribution in [0.3, 0.4) is 0 Å². The Kier molecular flexibility index (Phi) is 4.22. The summed E-state index contributed by atoms with van der Waals surface area (Å²) in [5.41, 5.74) is 2.42. The third kappa shape index (κ3) is 2.69. The van der Waals surface area contributed by atoms with Crippen molar-refractivity contribution in [3.63, 3.8) is 0 Å². The highest BCUT2D eigenvalue weighted by atomic mass is 32.1. The maximum atomic E-state index is 14.3. The van der Waals surface area contributed by atoms with Gasteiger partial charge in [0.15, 0.2) is 10.8 Å². The Morgan fingerprint density at radius 2 is 2.17 bits per heavy atom. The van der Waals surface area contributed by atoms with E-state index in [0.29, 0.717) is 17.3 Å². The van der Waals surface area contributed by atoms with Gasteiger partial charge in [-0.2, -0.15) is 0 Å². The zero-order chi connectivity index (χ0) is 16.5. The summed E-state index contributed by atoms with van der Waals surface area (Å²) in [6.45, 7) is 2.14. The minimum absolute atomic E-state index is 0.326. The molecule has 0 atom stereocenters. The first kappa shape index (κ1) is 15.6. The lowest BCUT2D eigenvalue weighted by molar-refractivity contribution is 0.461. The lowest BCUT2D eigenvalue weighted by atomic mass is 9.95. The Hall–Kier alpha value is -1.95. The van der Waals surface area contributed by atoms with Gasteiger partial charge in [0, 0.05) is 28.9 Å². The molecule has 0 unspecified atom stereocenters. The van der Waals surface area contributed by atoms with Gasteiger partial charge in [0.2, 0.25) is 0 Å². The molecule has 4 rings (SSSR count). The fraction of sp³-hybridized carbons (Fsp3) is 0.444. The molecule has 0 aliphatic heterocycles. The summed E-state index contributed by atoms with van der Waals surface area (Å²) in [7, 11) is 0. The molecule has 1 fully saturated rings. The second-order valence-corrected chi connectivity index (χ2v) is 7.18. The molecule has 1 N–H and O–H groups in total. The van der Waals surface area contributed by atoms with Gasteiger partial charge in [-0.25, -0.2) is 9.37 Å². The average Bonchev–Trinajstić information content (AvgIpc) is 3.16. The van der Waals surface area contributed by atoms with Crippen LogP contribution >= 0.6 is 11.3 Å². The number of imidazole rings is 1. The van der Waals surface area contributed by atoms with Gasteiger partial charge in [0.1, 0.15) is 11.5 Å². The molecule has 126 valence electrons. The van der Waals surface area contributed by atoms with Crippen LogP contribution in [0.2, 0.25) is 0 Å². The molecule has 0 spiro atoms. The maximum Gasteiger partial charge on any atom is 0.196 e. The van der Waals surface area contributed by atoms with E-state index < -0.39 is 0 Å². The maximum absolute atomic E-state index is 14.3. The molecule has 1 saturated carbocycles. The van der Waals surface area contributed by atoms with Gasteiger partial charge in [-0.05, 0) is 25.3 Å². The highest BCUT2D eigenvalue weighted by Gasteiger charge is 2.23. The Morgan fingerprint density at radius 1 is 1.33 bits per heavy atom. The van der Waals surface area contributed by atoms with Gasteiger partial charge in [-0.1, -0.05) is 26.2 Å². The van der Waals surface area contributed by atoms with E-state index >= 15 is 0 Å². The van der Waals surface area contributed by atoms with E-state index in [2.05, 4.69) is 27.0 Å². The van der Waals surface area contributed by atoms with Crippen LogP contribution in [0.4, 0.5) is 10.2 Å². The predicted octanol–water partition coefficient (Wildman–Crippen LogP) is 4.90. The molecular formula is C18H21FN4S. The smallest absolute Gasteiger partial charge is 0.196 e. The molecule has 1 aliphatic carbocycles. The highest BCUT2D eigenvalue weighted by Crippen LogP contribution is 2.35. The summed E-state index contributed by atoms with van der Waals surface area (Å²) in [5.74, 6) is 0.605. The highest BCUT2D eigenvalue weighted by molar-refractivity contribution is 7.15. The third-order valence-electron chi connectivity index (χ3n) is 4.77. The molecule has 6 heteroatoms. The van der Waals surface area contributed by atoms with Gasteiger partial charge >= 0.3 is 0 Å². The topological polar surface area (TPSA) is 42.2 Å². The number of pyridine rings is 1. The van der Waals surface area contributed by atoms with Crippen LogP contribution in [0.5, 0.6) is 0 Å². The third-order valence-corrected chi connectivity index (χ3v) is 5.64. The second-order valence-electron chi connectivity index (χ2n) is 6.34. The van der Waals surface area contributed by atoms with Crippen LogP contribution in [-0.2, 0) is 6.42 Å². The normalized spacial score (nSPS) is 15.9. The van der Waals surface area contributed by atoms with Gasteiger partial charge in [0.25, 0.3) is 0 Å². The Balaban J connectivity index is 1.84. The predicted molar refractivity (Wildman–Crippen MR) is 96.1 cm³/mol. The summed E-state index contributed by atoms with van der Waals surface area (Å²) < 4.78 is 16.5. The summed E-state index contributed by atoms with van der Waals surface area (Å²) >= 11 is 1.61. The molecular weight excluding hydrogens is 323 g/mol. The molecule has 4 nitrogen and oxygen atoms in total. The van der Waals surface area contributed by atoms with Crippen molar-refractivity contribution in [1.29, 1.82) is 0 Å². The van der Waals surface area contributed by atoms with E-state index in [1.54, 1.807) is 23.6 Å². The van der Waals surface area contributed by atoms with E-state index in [1.807, 2.05) is 0 Å². The molecule has 0 amide bonds. The summed E-state index contributed by atoms with van der Waals surface area (Å²) in [6.07, 6.45) is 9.95. The molecule has 3 aromatic heterocycles. The monoisotopic (exact) mass is 344 g/mol. The van der Waals surface area contributed by atoms with Gasteiger partial charge < -0.3 is 5.32 Å². The Bertz CT molecular complexity index is 848. The number of aryl methyl sites for hydroxylation is 1. The molecule has 24 heavy (non-hydrogen) atoms. The molecule has 3 heterocycles. The fourth-order valence-electron chi connectivity index (χ4n) is 3.49. The molecule has 0 saturated heterocycles. The van der Waals surface area contributed by atoms with Gasteiger partial charge in [-0.3, -0.25) is 9.38 Å². The number of hydrogen-bond donors (Lipinski definition) is 1. The number of thiazole rings is 1. The standard InChI is InChI=1S/C18H21FN4S/c1-2-13-11-24-18-22-16(14-8-9-20-10-15(14)19)17(23(13)18)21-12-6-4-3-5-7-12/h8-12,21H,2-7H2,1H3. The number of nitrogens with zero attached hydrogens (tertiary/aromatic N) is 3. The Morgan fingerprint density at radius 3 is 2.92 bits per heavy atom. The second kappa shape index (κ2) is 6.51. The first-order valence-corrected chi connectivity index (χ1v) is 9.51. The van der Waals surface area contributed by atoms with Crippen molar-refractivity contribution in [3.05, 3.63) is 35.4 Å². The van der Waals surface area contributed by atoms with Crippen LogP contribution in [0.1, 0.15) is 44.7 Å². The van der Waals surface area contributed by atoms with Gasteiger partial charge in [-0.15, -0.1) is 11.3 Å². The average molecular weight is 344 g/mol. The van der Waals surface area contributed by atoms with Crippen LogP contribution in [0.25, 0.3) is 16.2 Å². The fourth-order valence-corrected chi connectivity index (χ4v) is 4.46. The van der Waals surface area contributed by atoms with E-state index in [1.165, 1.54) is 31.2 Å². The zero-order valence-corrected chi connectivity index (χ0v) is 14.6. The van der Waals surface area contributed by atoms with Crippen LogP contribution < -0.4 is 5.32 Å². The molecule has 0 bridgehead atoms. The number of nitrogens with one attached hydrogen (secondary N) is 1. The minimum atomic E-state index is -0.326. The molecule has 3 aromatic rings. The summed E-state index contributed by atoms with van der Waals surface area (Å²) in [4.78, 5) is 9.51. The zero-order valence-electron chi connectivity index (χ0n) is 13.8. The van der Waals surface area contributed by atoms with Crippen LogP contribution in [0, 0.1) is 5.82 Å². The first-order chi connectivity index (χ1) is 11.8. The summed E-state index contributed by atoms with van der Waals surface area (Å²) in [5, 5.41) is 5.82. The van der Waals surface area contributed by atoms with Crippen LogP contribution in [-0.4, -0.2) is 20.4 Å². The van der Waals surface area contributed by atoms with Crippen molar-refractivity contribution in [1.82, 2.24) is 14.4 Å². The van der Waals surface area contributed by atoms with Crippen molar-refractivity contribution in [2.75, 3.05) is 5.32 Å². The van der Waals surface area contributed by atoms with Crippen molar-refractivity contribution in [2.45, 2.75) is 51.5 Å². The number of rotatable bonds is 4. The first-order valence-electron chi connectivity index (χ1n) is 8.63. The molecule has 0 radical (unpaired) electrons.